The monoisotopic (exact) mass is 459 g/mol. The molecule has 3 aliphatic rings. The Balaban J connectivity index is 1.58. The molecule has 2 heterocycles. The predicted molar refractivity (Wildman–Crippen MR) is 114 cm³/mol. The molecule has 0 aromatic heterocycles. The molecule has 3 atom stereocenters. The molecule has 2 aliphatic heterocycles. The number of hydrogen-bond acceptors (Lipinski definition) is 5. The Kier molecular flexibility index (Phi) is 6.18. The van der Waals surface area contributed by atoms with Gasteiger partial charge in [-0.15, -0.1) is 0 Å². The maximum absolute atomic E-state index is 13.3. The zero-order valence-corrected chi connectivity index (χ0v) is 19.3. The van der Waals surface area contributed by atoms with Crippen LogP contribution in [0, 0.1) is 5.41 Å². The minimum Gasteiger partial charge on any atom is -0.493 e. The summed E-state index contributed by atoms with van der Waals surface area (Å²) in [5, 5.41) is 11.2. The van der Waals surface area contributed by atoms with Crippen molar-refractivity contribution >= 4 is 11.6 Å². The predicted octanol–water partition coefficient (Wildman–Crippen LogP) is 4.62. The molecule has 8 heteroatoms. The van der Waals surface area contributed by atoms with E-state index in [4.69, 9.17) is 25.8 Å². The average Bonchev–Trinajstić information content (AvgIpc) is 3.48. The van der Waals surface area contributed by atoms with Crippen molar-refractivity contribution in [1.29, 1.82) is 0 Å². The van der Waals surface area contributed by atoms with Crippen molar-refractivity contribution in [3.05, 3.63) is 22.2 Å². The largest absolute Gasteiger partial charge is 0.493 e. The number of rotatable bonds is 6. The standard InChI is InChI=1S/C23H32ClF2NO4/c1-22(2,3)31-18-11-27-8-5-13-14(15(27)10-16(18)28)9-17(29-4)20(19(13)24)30-12-23(6-7-23)21(25)26/h9,15-16,18,21,28H,5-8,10-12H2,1-4H3/t15-,16-,18-/m1/s1. The zero-order chi connectivity index (χ0) is 22.6. The summed E-state index contributed by atoms with van der Waals surface area (Å²) in [4.78, 5) is 2.32. The first-order chi connectivity index (χ1) is 14.5. The van der Waals surface area contributed by atoms with Gasteiger partial charge in [-0.25, -0.2) is 8.78 Å². The van der Waals surface area contributed by atoms with Crippen molar-refractivity contribution in [3.63, 3.8) is 0 Å². The Hall–Kier alpha value is -1.15. The lowest BCUT2D eigenvalue weighted by molar-refractivity contribution is -0.149. The van der Waals surface area contributed by atoms with Crippen LogP contribution in [0.5, 0.6) is 11.5 Å². The van der Waals surface area contributed by atoms with Gasteiger partial charge in [0.05, 0.1) is 42.0 Å². The van der Waals surface area contributed by atoms with E-state index in [9.17, 15) is 13.9 Å². The second-order valence-corrected chi connectivity index (χ2v) is 10.5. The molecule has 1 saturated heterocycles. The Morgan fingerprint density at radius 3 is 2.61 bits per heavy atom. The van der Waals surface area contributed by atoms with Crippen LogP contribution in [0.2, 0.25) is 5.02 Å². The number of nitrogens with zero attached hydrogens (tertiary/aromatic N) is 1. The molecule has 0 amide bonds. The summed E-state index contributed by atoms with van der Waals surface area (Å²) in [7, 11) is 1.52. The van der Waals surface area contributed by atoms with Crippen LogP contribution in [-0.2, 0) is 11.2 Å². The molecule has 31 heavy (non-hydrogen) atoms. The highest BCUT2D eigenvalue weighted by molar-refractivity contribution is 6.33. The fourth-order valence-electron chi connectivity index (χ4n) is 4.71. The van der Waals surface area contributed by atoms with Crippen LogP contribution in [0.1, 0.15) is 57.2 Å². The van der Waals surface area contributed by atoms with Gasteiger partial charge in [-0.1, -0.05) is 11.6 Å². The molecule has 0 unspecified atom stereocenters. The van der Waals surface area contributed by atoms with E-state index in [1.807, 2.05) is 26.8 Å². The van der Waals surface area contributed by atoms with Gasteiger partial charge in [-0.3, -0.25) is 4.90 Å². The third-order valence-corrected chi connectivity index (χ3v) is 7.06. The van der Waals surface area contributed by atoms with E-state index >= 15 is 0 Å². The van der Waals surface area contributed by atoms with Crippen LogP contribution in [0.3, 0.4) is 0 Å². The smallest absolute Gasteiger partial charge is 0.247 e. The molecule has 174 valence electrons. The fraction of sp³-hybridized carbons (Fsp3) is 0.739. The van der Waals surface area contributed by atoms with E-state index in [1.54, 1.807) is 0 Å². The SMILES string of the molecule is COc1cc2c(c(Cl)c1OCC1(C(F)F)CC1)CCN1C[C@@H](OC(C)(C)C)[C@H](O)C[C@H]21. The molecule has 1 aromatic rings. The number of piperidine rings is 1. The number of fused-ring (bicyclic) bond motifs is 3. The van der Waals surface area contributed by atoms with E-state index < -0.39 is 17.9 Å². The van der Waals surface area contributed by atoms with E-state index in [1.165, 1.54) is 7.11 Å². The highest BCUT2D eigenvalue weighted by Gasteiger charge is 2.52. The first kappa shape index (κ1) is 23.0. The Labute approximate surface area is 187 Å². The Morgan fingerprint density at radius 1 is 1.32 bits per heavy atom. The van der Waals surface area contributed by atoms with Gasteiger partial charge in [-0.2, -0.15) is 0 Å². The third-order valence-electron chi connectivity index (χ3n) is 6.66. The molecule has 0 bridgehead atoms. The summed E-state index contributed by atoms with van der Waals surface area (Å²) in [6.07, 6.45) is -1.08. The second-order valence-electron chi connectivity index (χ2n) is 10.1. The molecule has 2 fully saturated rings. The minimum atomic E-state index is -2.41. The summed E-state index contributed by atoms with van der Waals surface area (Å²) in [5.74, 6) is 0.784. The van der Waals surface area contributed by atoms with E-state index in [2.05, 4.69) is 4.90 Å². The maximum atomic E-state index is 13.3. The topological polar surface area (TPSA) is 51.2 Å². The van der Waals surface area contributed by atoms with Crippen LogP contribution < -0.4 is 9.47 Å². The van der Waals surface area contributed by atoms with Crippen molar-refractivity contribution in [1.82, 2.24) is 4.90 Å². The molecular weight excluding hydrogens is 428 g/mol. The second kappa shape index (κ2) is 8.32. The fourth-order valence-corrected chi connectivity index (χ4v) is 5.06. The number of aliphatic hydroxyl groups excluding tert-OH is 1. The number of hydrogen-bond donors (Lipinski definition) is 1. The van der Waals surface area contributed by atoms with Gasteiger partial charge in [0.1, 0.15) is 0 Å². The van der Waals surface area contributed by atoms with Crippen LogP contribution in [0.25, 0.3) is 0 Å². The van der Waals surface area contributed by atoms with Crippen LogP contribution in [0.15, 0.2) is 6.07 Å². The van der Waals surface area contributed by atoms with Crippen molar-refractivity contribution in [2.75, 3.05) is 26.8 Å². The number of methoxy groups -OCH3 is 1. The number of benzene rings is 1. The van der Waals surface area contributed by atoms with Crippen LogP contribution >= 0.6 is 11.6 Å². The van der Waals surface area contributed by atoms with E-state index in [-0.39, 0.29) is 24.4 Å². The lowest BCUT2D eigenvalue weighted by atomic mass is 9.84. The molecule has 0 radical (unpaired) electrons. The number of alkyl halides is 2. The summed E-state index contributed by atoms with van der Waals surface area (Å²) in [6.45, 7) is 7.31. The average molecular weight is 460 g/mol. The number of halogens is 3. The third kappa shape index (κ3) is 4.52. The lowest BCUT2D eigenvalue weighted by Gasteiger charge is -2.47. The highest BCUT2D eigenvalue weighted by Crippen LogP contribution is 2.53. The van der Waals surface area contributed by atoms with Crippen LogP contribution in [-0.4, -0.2) is 61.0 Å². The lowest BCUT2D eigenvalue weighted by Crippen LogP contribution is -2.53. The van der Waals surface area contributed by atoms with Gasteiger partial charge in [0.15, 0.2) is 11.5 Å². The van der Waals surface area contributed by atoms with Gasteiger partial charge in [-0.05, 0) is 63.6 Å². The Morgan fingerprint density at radius 2 is 2.03 bits per heavy atom. The molecule has 1 N–H and O–H groups in total. The van der Waals surface area contributed by atoms with Crippen LogP contribution in [0.4, 0.5) is 8.78 Å². The van der Waals surface area contributed by atoms with Gasteiger partial charge in [0.2, 0.25) is 6.43 Å². The first-order valence-corrected chi connectivity index (χ1v) is 11.3. The summed E-state index contributed by atoms with van der Waals surface area (Å²) in [5.41, 5.74) is 0.560. The van der Waals surface area contributed by atoms with E-state index in [0.29, 0.717) is 48.7 Å². The molecule has 1 saturated carbocycles. The zero-order valence-electron chi connectivity index (χ0n) is 18.6. The normalized spacial score (nSPS) is 27.6. The summed E-state index contributed by atoms with van der Waals surface area (Å²) in [6, 6.07) is 1.89. The molecule has 0 spiro atoms. The Bertz CT molecular complexity index is 825. The van der Waals surface area contributed by atoms with Gasteiger partial charge in [0, 0.05) is 19.1 Å². The maximum Gasteiger partial charge on any atom is 0.247 e. The summed E-state index contributed by atoms with van der Waals surface area (Å²) >= 11 is 6.72. The minimum absolute atomic E-state index is 0.00476. The van der Waals surface area contributed by atoms with Crippen molar-refractivity contribution in [2.24, 2.45) is 5.41 Å². The molecule has 1 aliphatic carbocycles. The highest BCUT2D eigenvalue weighted by atomic mass is 35.5. The van der Waals surface area contributed by atoms with Gasteiger partial charge < -0.3 is 19.3 Å². The van der Waals surface area contributed by atoms with Crippen molar-refractivity contribution in [3.8, 4) is 11.5 Å². The van der Waals surface area contributed by atoms with E-state index in [0.717, 1.165) is 17.7 Å². The number of aliphatic hydroxyl groups is 1. The molecular formula is C23H32ClF2NO4. The first-order valence-electron chi connectivity index (χ1n) is 10.9. The quantitative estimate of drug-likeness (QED) is 0.672. The molecule has 5 nitrogen and oxygen atoms in total. The van der Waals surface area contributed by atoms with Crippen molar-refractivity contribution in [2.45, 2.75) is 76.7 Å². The van der Waals surface area contributed by atoms with Crippen molar-refractivity contribution < 1.29 is 28.1 Å². The number of ether oxygens (including phenoxy) is 3. The molecule has 4 rings (SSSR count). The van der Waals surface area contributed by atoms with Gasteiger partial charge >= 0.3 is 0 Å². The summed E-state index contributed by atoms with van der Waals surface area (Å²) < 4.78 is 44.0. The molecule has 1 aromatic carbocycles. The van der Waals surface area contributed by atoms with Gasteiger partial charge in [0.25, 0.3) is 0 Å².